The van der Waals surface area contributed by atoms with Crippen molar-refractivity contribution in [1.29, 1.82) is 0 Å². The molecular weight excluding hydrogens is 468 g/mol. The first kappa shape index (κ1) is 24.5. The van der Waals surface area contributed by atoms with Crippen molar-refractivity contribution in [2.75, 3.05) is 55.7 Å². The summed E-state index contributed by atoms with van der Waals surface area (Å²) >= 11 is 0. The minimum Gasteiger partial charge on any atom is -0.375 e. The third-order valence-corrected chi connectivity index (χ3v) is 6.99. The standard InChI is InChI=1S/C25H31F2N7O2/c1-16(35)15-31-8-10-32(11-9-31)21-14-22(33-12-13-36-18(3)17(33)2)30-25(29-21)34-20-7-5-4-6-19(20)28-24(34)23(26)27/h4-7,14,17-18,23H,8-13,15H2,1-3H3. The second-order valence-corrected chi connectivity index (χ2v) is 9.45. The lowest BCUT2D eigenvalue weighted by molar-refractivity contribution is -0.118. The normalized spacial score (nSPS) is 21.5. The summed E-state index contributed by atoms with van der Waals surface area (Å²) in [5.74, 6) is 1.26. The number of alkyl halides is 2. The van der Waals surface area contributed by atoms with Gasteiger partial charge in [0.25, 0.3) is 6.43 Å². The Hall–Kier alpha value is -3.18. The number of morpholine rings is 1. The van der Waals surface area contributed by atoms with Crippen molar-refractivity contribution in [1.82, 2.24) is 24.4 Å². The number of ketones is 1. The molecule has 9 nitrogen and oxygen atoms in total. The highest BCUT2D eigenvalue weighted by Crippen LogP contribution is 2.30. The maximum Gasteiger partial charge on any atom is 0.296 e. The van der Waals surface area contributed by atoms with E-state index in [0.717, 1.165) is 13.1 Å². The number of aromatic nitrogens is 4. The molecule has 0 amide bonds. The van der Waals surface area contributed by atoms with E-state index in [-0.39, 0.29) is 29.7 Å². The zero-order chi connectivity index (χ0) is 25.4. The maximum absolute atomic E-state index is 14.1. The van der Waals surface area contributed by atoms with Crippen LogP contribution in [0.4, 0.5) is 20.4 Å². The molecule has 0 bridgehead atoms. The summed E-state index contributed by atoms with van der Waals surface area (Å²) in [5.41, 5.74) is 1.00. The van der Waals surface area contributed by atoms with E-state index in [9.17, 15) is 13.6 Å². The molecule has 0 radical (unpaired) electrons. The number of benzene rings is 1. The molecule has 1 aromatic carbocycles. The van der Waals surface area contributed by atoms with Gasteiger partial charge in [-0.25, -0.2) is 13.8 Å². The third kappa shape index (κ3) is 4.77. The SMILES string of the molecule is CC(=O)CN1CCN(c2cc(N3CCOC(C)C3C)nc(-n3c(C(F)F)nc4ccccc43)n2)CC1. The highest BCUT2D eigenvalue weighted by Gasteiger charge is 2.30. The van der Waals surface area contributed by atoms with Crippen LogP contribution in [-0.2, 0) is 9.53 Å². The quantitative estimate of drug-likeness (QED) is 0.512. The molecule has 2 aliphatic heterocycles. The first-order chi connectivity index (χ1) is 17.3. The molecule has 0 aliphatic carbocycles. The van der Waals surface area contributed by atoms with Crippen LogP contribution in [0, 0.1) is 0 Å². The van der Waals surface area contributed by atoms with E-state index in [1.165, 1.54) is 4.57 Å². The van der Waals surface area contributed by atoms with Gasteiger partial charge in [0.1, 0.15) is 17.4 Å². The molecule has 11 heteroatoms. The number of carbonyl (C=O) groups excluding carboxylic acids is 1. The van der Waals surface area contributed by atoms with Crippen molar-refractivity contribution >= 4 is 28.5 Å². The zero-order valence-electron chi connectivity index (χ0n) is 20.8. The average molecular weight is 500 g/mol. The smallest absolute Gasteiger partial charge is 0.296 e. The van der Waals surface area contributed by atoms with Gasteiger partial charge in [0.15, 0.2) is 5.82 Å². The fourth-order valence-electron chi connectivity index (χ4n) is 4.93. The van der Waals surface area contributed by atoms with Crippen LogP contribution in [-0.4, -0.2) is 88.2 Å². The van der Waals surface area contributed by atoms with Crippen molar-refractivity contribution in [3.05, 3.63) is 36.2 Å². The van der Waals surface area contributed by atoms with Gasteiger partial charge in [0.05, 0.1) is 36.3 Å². The Morgan fingerprint density at radius 3 is 2.50 bits per heavy atom. The van der Waals surface area contributed by atoms with E-state index >= 15 is 0 Å². The Morgan fingerprint density at radius 1 is 1.06 bits per heavy atom. The van der Waals surface area contributed by atoms with Gasteiger partial charge in [0, 0.05) is 38.8 Å². The van der Waals surface area contributed by atoms with E-state index in [1.54, 1.807) is 31.2 Å². The van der Waals surface area contributed by atoms with E-state index in [0.29, 0.717) is 55.5 Å². The number of nitrogens with zero attached hydrogens (tertiary/aromatic N) is 7. The van der Waals surface area contributed by atoms with Gasteiger partial charge in [-0.05, 0) is 32.9 Å². The molecule has 0 spiro atoms. The molecule has 2 atom stereocenters. The van der Waals surface area contributed by atoms with Crippen LogP contribution in [0.3, 0.4) is 0 Å². The molecule has 2 fully saturated rings. The van der Waals surface area contributed by atoms with Gasteiger partial charge in [-0.2, -0.15) is 9.97 Å². The predicted molar refractivity (Wildman–Crippen MR) is 133 cm³/mol. The number of Topliss-reactive ketones (excluding diaryl/α,β-unsaturated/α-hetero) is 1. The molecule has 2 unspecified atom stereocenters. The molecule has 2 saturated heterocycles. The summed E-state index contributed by atoms with van der Waals surface area (Å²) in [7, 11) is 0. The summed E-state index contributed by atoms with van der Waals surface area (Å²) in [6, 6.07) is 9.01. The topological polar surface area (TPSA) is 79.6 Å². The van der Waals surface area contributed by atoms with Gasteiger partial charge >= 0.3 is 0 Å². The lowest BCUT2D eigenvalue weighted by Gasteiger charge is -2.39. The number of carbonyl (C=O) groups is 1. The molecule has 5 rings (SSSR count). The second-order valence-electron chi connectivity index (χ2n) is 9.45. The fraction of sp³-hybridized carbons (Fsp3) is 0.520. The monoisotopic (exact) mass is 499 g/mol. The zero-order valence-corrected chi connectivity index (χ0v) is 20.8. The van der Waals surface area contributed by atoms with Gasteiger partial charge in [-0.15, -0.1) is 0 Å². The highest BCUT2D eigenvalue weighted by molar-refractivity contribution is 5.78. The number of rotatable bonds is 6. The van der Waals surface area contributed by atoms with E-state index in [4.69, 9.17) is 14.7 Å². The van der Waals surface area contributed by atoms with E-state index in [1.807, 2.05) is 13.0 Å². The van der Waals surface area contributed by atoms with Gasteiger partial charge in [0.2, 0.25) is 5.95 Å². The van der Waals surface area contributed by atoms with Crippen molar-refractivity contribution in [2.45, 2.75) is 39.3 Å². The molecule has 0 saturated carbocycles. The van der Waals surface area contributed by atoms with Crippen LogP contribution >= 0.6 is 0 Å². The molecule has 36 heavy (non-hydrogen) atoms. The van der Waals surface area contributed by atoms with Gasteiger partial charge in [-0.1, -0.05) is 12.1 Å². The van der Waals surface area contributed by atoms with Crippen LogP contribution in [0.25, 0.3) is 17.0 Å². The number of hydrogen-bond acceptors (Lipinski definition) is 8. The number of fused-ring (bicyclic) bond motifs is 1. The Balaban J connectivity index is 1.59. The fourth-order valence-corrected chi connectivity index (χ4v) is 4.93. The molecular formula is C25H31F2N7O2. The molecule has 3 aromatic rings. The minimum atomic E-state index is -2.79. The molecule has 2 aliphatic rings. The van der Waals surface area contributed by atoms with Crippen LogP contribution < -0.4 is 9.80 Å². The first-order valence-corrected chi connectivity index (χ1v) is 12.3. The second kappa shape index (κ2) is 10.1. The Bertz CT molecular complexity index is 1240. The first-order valence-electron chi connectivity index (χ1n) is 12.3. The van der Waals surface area contributed by atoms with Gasteiger partial charge in [-0.3, -0.25) is 14.3 Å². The maximum atomic E-state index is 14.1. The molecule has 0 N–H and O–H groups in total. The van der Waals surface area contributed by atoms with Crippen molar-refractivity contribution < 1.29 is 18.3 Å². The largest absolute Gasteiger partial charge is 0.375 e. The number of anilines is 2. The third-order valence-electron chi connectivity index (χ3n) is 6.99. The van der Waals surface area contributed by atoms with E-state index < -0.39 is 6.43 Å². The molecule has 2 aromatic heterocycles. The Morgan fingerprint density at radius 2 is 1.78 bits per heavy atom. The lowest BCUT2D eigenvalue weighted by atomic mass is 10.1. The van der Waals surface area contributed by atoms with Crippen molar-refractivity contribution in [2.24, 2.45) is 0 Å². The van der Waals surface area contributed by atoms with Crippen LogP contribution in [0.15, 0.2) is 30.3 Å². The Kier molecular flexibility index (Phi) is 6.85. The lowest BCUT2D eigenvalue weighted by Crippen LogP contribution is -2.49. The summed E-state index contributed by atoms with van der Waals surface area (Å²) in [6.07, 6.45) is -2.79. The molecule has 4 heterocycles. The predicted octanol–water partition coefficient (Wildman–Crippen LogP) is 3.08. The Labute approximate surface area is 208 Å². The van der Waals surface area contributed by atoms with Crippen LogP contribution in [0.2, 0.25) is 0 Å². The summed E-state index contributed by atoms with van der Waals surface area (Å²) in [6.45, 7) is 10.1. The van der Waals surface area contributed by atoms with Crippen LogP contribution in [0.5, 0.6) is 0 Å². The number of ether oxygens (including phenoxy) is 1. The number of piperazine rings is 1. The highest BCUT2D eigenvalue weighted by atomic mass is 19.3. The average Bonchev–Trinajstić information content (AvgIpc) is 3.26. The molecule has 192 valence electrons. The number of imidazole rings is 1. The number of halogens is 2. The summed E-state index contributed by atoms with van der Waals surface area (Å²) in [4.78, 5) is 31.7. The van der Waals surface area contributed by atoms with Crippen LogP contribution in [0.1, 0.15) is 33.0 Å². The van der Waals surface area contributed by atoms with E-state index in [2.05, 4.69) is 26.6 Å². The summed E-state index contributed by atoms with van der Waals surface area (Å²) in [5, 5.41) is 0. The number of para-hydroxylation sites is 2. The minimum absolute atomic E-state index is 0.00133. The number of hydrogen-bond donors (Lipinski definition) is 0. The summed E-state index contributed by atoms with van der Waals surface area (Å²) < 4.78 is 35.4. The van der Waals surface area contributed by atoms with Crippen molar-refractivity contribution in [3.63, 3.8) is 0 Å². The van der Waals surface area contributed by atoms with Crippen molar-refractivity contribution in [3.8, 4) is 5.95 Å². The van der Waals surface area contributed by atoms with Gasteiger partial charge < -0.3 is 14.5 Å².